The largest absolute Gasteiger partial charge is 0.0645 e. The van der Waals surface area contributed by atoms with E-state index in [-0.39, 0.29) is 0 Å². The van der Waals surface area contributed by atoms with Crippen molar-refractivity contribution in [1.82, 2.24) is 0 Å². The van der Waals surface area contributed by atoms with Crippen LogP contribution in [0.5, 0.6) is 0 Å². The molecule has 1 saturated carbocycles. The highest BCUT2D eigenvalue weighted by molar-refractivity contribution is 5.25. The van der Waals surface area contributed by atoms with Crippen LogP contribution in [0.3, 0.4) is 0 Å². The van der Waals surface area contributed by atoms with Crippen molar-refractivity contribution in [3.05, 3.63) is 35.9 Å². The van der Waals surface area contributed by atoms with Gasteiger partial charge in [-0.1, -0.05) is 44.2 Å². The van der Waals surface area contributed by atoms with Crippen LogP contribution in [0.2, 0.25) is 0 Å². The van der Waals surface area contributed by atoms with E-state index in [1.54, 1.807) is 5.56 Å². The minimum absolute atomic E-state index is 0.494. The Bertz CT molecular complexity index is 291. The third kappa shape index (κ3) is 2.09. The molecule has 0 spiro atoms. The lowest BCUT2D eigenvalue weighted by Crippen LogP contribution is -2.30. The highest BCUT2D eigenvalue weighted by Gasteiger charge is 2.33. The molecule has 0 heteroatoms. The van der Waals surface area contributed by atoms with Crippen LogP contribution < -0.4 is 0 Å². The Hall–Kier alpha value is -0.780. The average Bonchev–Trinajstić information content (AvgIpc) is 2.32. The van der Waals surface area contributed by atoms with Crippen molar-refractivity contribution in [3.8, 4) is 0 Å². The second-order valence-electron chi connectivity index (χ2n) is 5.18. The van der Waals surface area contributed by atoms with Crippen LogP contribution in [0.1, 0.15) is 51.5 Å². The first-order valence-corrected chi connectivity index (χ1v) is 6.32. The van der Waals surface area contributed by atoms with Gasteiger partial charge in [-0.3, -0.25) is 0 Å². The van der Waals surface area contributed by atoms with Crippen molar-refractivity contribution < 1.29 is 0 Å². The van der Waals surface area contributed by atoms with E-state index in [0.717, 1.165) is 5.92 Å². The summed E-state index contributed by atoms with van der Waals surface area (Å²) in [5.41, 5.74) is 2.06. The van der Waals surface area contributed by atoms with E-state index in [4.69, 9.17) is 0 Å². The summed E-state index contributed by atoms with van der Waals surface area (Å²) < 4.78 is 0. The Morgan fingerprint density at radius 1 is 1.13 bits per heavy atom. The van der Waals surface area contributed by atoms with Crippen molar-refractivity contribution in [2.45, 2.75) is 51.4 Å². The number of hydrogen-bond donors (Lipinski definition) is 0. The van der Waals surface area contributed by atoms with Crippen LogP contribution in [0.15, 0.2) is 30.3 Å². The topological polar surface area (TPSA) is 0 Å². The van der Waals surface area contributed by atoms with Crippen LogP contribution in [0.4, 0.5) is 0 Å². The maximum atomic E-state index is 2.39. The van der Waals surface area contributed by atoms with Gasteiger partial charge in [0.15, 0.2) is 0 Å². The van der Waals surface area contributed by atoms with Crippen LogP contribution in [-0.4, -0.2) is 0 Å². The third-order valence-corrected chi connectivity index (χ3v) is 4.29. The lowest BCUT2D eigenvalue weighted by Gasteiger charge is -2.39. The van der Waals surface area contributed by atoms with Gasteiger partial charge in [-0.25, -0.2) is 0 Å². The number of rotatable bonds is 2. The van der Waals surface area contributed by atoms with Crippen molar-refractivity contribution in [1.29, 1.82) is 0 Å². The Labute approximate surface area is 93.7 Å². The zero-order valence-electron chi connectivity index (χ0n) is 10.00. The molecule has 0 heterocycles. The van der Waals surface area contributed by atoms with Gasteiger partial charge in [0.25, 0.3) is 0 Å². The van der Waals surface area contributed by atoms with Crippen molar-refractivity contribution >= 4 is 0 Å². The standard InChI is InChI=1S/C15H22/c1-3-15(11-9-13(2)10-12-15)14-7-5-4-6-8-14/h4-8,13H,3,9-12H2,1-2H3. The molecule has 15 heavy (non-hydrogen) atoms. The van der Waals surface area contributed by atoms with E-state index in [0.29, 0.717) is 5.41 Å². The summed E-state index contributed by atoms with van der Waals surface area (Å²) in [5, 5.41) is 0. The molecule has 82 valence electrons. The van der Waals surface area contributed by atoms with Gasteiger partial charge in [0.2, 0.25) is 0 Å². The highest BCUT2D eigenvalue weighted by atomic mass is 14.4. The predicted octanol–water partition coefficient (Wildman–Crippen LogP) is 4.54. The quantitative estimate of drug-likeness (QED) is 0.660. The number of benzene rings is 1. The summed E-state index contributed by atoms with van der Waals surface area (Å²) in [4.78, 5) is 0. The molecule has 0 aliphatic heterocycles. The summed E-state index contributed by atoms with van der Waals surface area (Å²) in [6.07, 6.45) is 6.87. The fraction of sp³-hybridized carbons (Fsp3) is 0.600. The molecular formula is C15H22. The predicted molar refractivity (Wildman–Crippen MR) is 66.0 cm³/mol. The molecule has 1 fully saturated rings. The van der Waals surface area contributed by atoms with E-state index < -0.39 is 0 Å². The van der Waals surface area contributed by atoms with E-state index in [1.807, 2.05) is 0 Å². The third-order valence-electron chi connectivity index (χ3n) is 4.29. The number of hydrogen-bond acceptors (Lipinski definition) is 0. The Morgan fingerprint density at radius 3 is 2.27 bits per heavy atom. The molecule has 0 atom stereocenters. The van der Waals surface area contributed by atoms with E-state index in [1.165, 1.54) is 32.1 Å². The molecule has 2 rings (SSSR count). The molecule has 0 amide bonds. The van der Waals surface area contributed by atoms with Crippen LogP contribution in [0.25, 0.3) is 0 Å². The molecule has 0 nitrogen and oxygen atoms in total. The first kappa shape index (κ1) is 10.7. The van der Waals surface area contributed by atoms with E-state index >= 15 is 0 Å². The molecule has 0 N–H and O–H groups in total. The lowest BCUT2D eigenvalue weighted by atomic mass is 9.65. The van der Waals surface area contributed by atoms with Gasteiger partial charge in [0.05, 0.1) is 0 Å². The molecule has 0 unspecified atom stereocenters. The zero-order valence-corrected chi connectivity index (χ0v) is 10.00. The van der Waals surface area contributed by atoms with Gasteiger partial charge < -0.3 is 0 Å². The van der Waals surface area contributed by atoms with Gasteiger partial charge >= 0.3 is 0 Å². The summed E-state index contributed by atoms with van der Waals surface area (Å²) in [7, 11) is 0. The first-order valence-electron chi connectivity index (χ1n) is 6.32. The van der Waals surface area contributed by atoms with Crippen LogP contribution in [0, 0.1) is 5.92 Å². The molecule has 1 aromatic rings. The first-order chi connectivity index (χ1) is 7.27. The molecule has 1 aliphatic rings. The van der Waals surface area contributed by atoms with Crippen LogP contribution in [-0.2, 0) is 5.41 Å². The van der Waals surface area contributed by atoms with Gasteiger partial charge in [-0.15, -0.1) is 0 Å². The Morgan fingerprint density at radius 2 is 1.73 bits per heavy atom. The average molecular weight is 202 g/mol. The molecular weight excluding hydrogens is 180 g/mol. The monoisotopic (exact) mass is 202 g/mol. The van der Waals surface area contributed by atoms with E-state index in [2.05, 4.69) is 44.2 Å². The maximum absolute atomic E-state index is 2.39. The summed E-state index contributed by atoms with van der Waals surface area (Å²) >= 11 is 0. The second kappa shape index (κ2) is 4.38. The molecule has 0 bridgehead atoms. The molecule has 0 radical (unpaired) electrons. The molecule has 0 saturated heterocycles. The molecule has 0 aromatic heterocycles. The smallest absolute Gasteiger partial charge is 0.00494 e. The van der Waals surface area contributed by atoms with Gasteiger partial charge in [-0.2, -0.15) is 0 Å². The minimum Gasteiger partial charge on any atom is -0.0645 e. The van der Waals surface area contributed by atoms with Gasteiger partial charge in [-0.05, 0) is 49.0 Å². The summed E-state index contributed by atoms with van der Waals surface area (Å²) in [6.45, 7) is 4.74. The summed E-state index contributed by atoms with van der Waals surface area (Å²) in [6, 6.07) is 11.1. The van der Waals surface area contributed by atoms with Crippen molar-refractivity contribution in [2.75, 3.05) is 0 Å². The minimum atomic E-state index is 0.494. The van der Waals surface area contributed by atoms with Crippen LogP contribution >= 0.6 is 0 Å². The van der Waals surface area contributed by atoms with E-state index in [9.17, 15) is 0 Å². The highest BCUT2D eigenvalue weighted by Crippen LogP contribution is 2.43. The molecule has 1 aliphatic carbocycles. The fourth-order valence-electron chi connectivity index (χ4n) is 2.95. The van der Waals surface area contributed by atoms with Crippen molar-refractivity contribution in [3.63, 3.8) is 0 Å². The normalized spacial score (nSPS) is 31.5. The zero-order chi connectivity index (χ0) is 10.7. The Kier molecular flexibility index (Phi) is 3.14. The SMILES string of the molecule is CCC1(c2ccccc2)CCC(C)CC1. The van der Waals surface area contributed by atoms with Crippen molar-refractivity contribution in [2.24, 2.45) is 5.92 Å². The fourth-order valence-corrected chi connectivity index (χ4v) is 2.95. The summed E-state index contributed by atoms with van der Waals surface area (Å²) in [5.74, 6) is 0.938. The Balaban J connectivity index is 2.23. The molecule has 1 aromatic carbocycles. The van der Waals surface area contributed by atoms with Gasteiger partial charge in [0, 0.05) is 0 Å². The maximum Gasteiger partial charge on any atom is -0.00494 e. The lowest BCUT2D eigenvalue weighted by molar-refractivity contribution is 0.234. The van der Waals surface area contributed by atoms with Gasteiger partial charge in [0.1, 0.15) is 0 Å². The second-order valence-corrected chi connectivity index (χ2v) is 5.18.